The molecule has 0 aromatic carbocycles. The molecule has 0 bridgehead atoms. The molecule has 1 N–H and O–H groups in total. The molecule has 90 valence electrons. The van der Waals surface area contributed by atoms with Crippen LogP contribution in [0.2, 0.25) is 0 Å². The molecule has 0 amide bonds. The van der Waals surface area contributed by atoms with E-state index < -0.39 is 0 Å². The number of nitrogens with zero attached hydrogens (tertiary/aromatic N) is 1. The number of methoxy groups -OCH3 is 1. The second-order valence-electron chi connectivity index (χ2n) is 5.29. The van der Waals surface area contributed by atoms with E-state index in [0.29, 0.717) is 5.41 Å². The van der Waals surface area contributed by atoms with Crippen LogP contribution < -0.4 is 5.32 Å². The third-order valence-electron chi connectivity index (χ3n) is 3.07. The van der Waals surface area contributed by atoms with Crippen LogP contribution in [0.1, 0.15) is 26.7 Å². The quantitative estimate of drug-likeness (QED) is 0.675. The average molecular weight is 214 g/mol. The van der Waals surface area contributed by atoms with E-state index in [2.05, 4.69) is 24.1 Å². The summed E-state index contributed by atoms with van der Waals surface area (Å²) in [4.78, 5) is 2.57. The van der Waals surface area contributed by atoms with E-state index in [-0.39, 0.29) is 0 Å². The first-order chi connectivity index (χ1) is 7.14. The summed E-state index contributed by atoms with van der Waals surface area (Å²) in [6.07, 6.45) is 2.73. The van der Waals surface area contributed by atoms with E-state index in [1.807, 2.05) is 0 Å². The van der Waals surface area contributed by atoms with E-state index in [0.717, 1.165) is 19.7 Å². The van der Waals surface area contributed by atoms with Crippen LogP contribution in [0.5, 0.6) is 0 Å². The van der Waals surface area contributed by atoms with Crippen molar-refractivity contribution in [2.45, 2.75) is 26.7 Å². The molecule has 1 aliphatic rings. The second-order valence-corrected chi connectivity index (χ2v) is 5.29. The summed E-state index contributed by atoms with van der Waals surface area (Å²) in [5.41, 5.74) is 0.519. The highest BCUT2D eigenvalue weighted by Crippen LogP contribution is 2.27. The van der Waals surface area contributed by atoms with Gasteiger partial charge in [-0.15, -0.1) is 0 Å². The van der Waals surface area contributed by atoms with Crippen molar-refractivity contribution in [1.29, 1.82) is 0 Å². The van der Waals surface area contributed by atoms with Crippen LogP contribution in [0.15, 0.2) is 0 Å². The van der Waals surface area contributed by atoms with Gasteiger partial charge in [-0.1, -0.05) is 13.8 Å². The molecule has 0 spiro atoms. The average Bonchev–Trinajstić information content (AvgIpc) is 2.16. The van der Waals surface area contributed by atoms with Gasteiger partial charge in [0.15, 0.2) is 0 Å². The Bertz CT molecular complexity index is 171. The van der Waals surface area contributed by atoms with Crippen molar-refractivity contribution in [3.05, 3.63) is 0 Å². The lowest BCUT2D eigenvalue weighted by Crippen LogP contribution is -2.43. The Kier molecular flexibility index (Phi) is 5.58. The summed E-state index contributed by atoms with van der Waals surface area (Å²) in [7, 11) is 1.74. The lowest BCUT2D eigenvalue weighted by Gasteiger charge is -2.38. The third-order valence-corrected chi connectivity index (χ3v) is 3.07. The van der Waals surface area contributed by atoms with Crippen LogP contribution in [0.4, 0.5) is 0 Å². The Morgan fingerprint density at radius 3 is 2.80 bits per heavy atom. The topological polar surface area (TPSA) is 24.5 Å². The van der Waals surface area contributed by atoms with Crippen LogP contribution in [0, 0.1) is 5.41 Å². The fourth-order valence-electron chi connectivity index (χ4n) is 2.27. The zero-order chi connectivity index (χ0) is 11.1. The minimum atomic E-state index is 0.519. The Hall–Kier alpha value is -0.120. The van der Waals surface area contributed by atoms with Crippen molar-refractivity contribution < 1.29 is 4.74 Å². The van der Waals surface area contributed by atoms with E-state index in [9.17, 15) is 0 Å². The lowest BCUT2D eigenvalue weighted by molar-refractivity contribution is 0.117. The van der Waals surface area contributed by atoms with Gasteiger partial charge >= 0.3 is 0 Å². The first kappa shape index (κ1) is 12.9. The highest BCUT2D eigenvalue weighted by atomic mass is 16.5. The number of likely N-dealkylation sites (tertiary alicyclic amines) is 1. The maximum atomic E-state index is 4.99. The molecular formula is C12H26N2O. The Balaban J connectivity index is 2.05. The van der Waals surface area contributed by atoms with E-state index in [4.69, 9.17) is 4.74 Å². The predicted molar refractivity (Wildman–Crippen MR) is 64.2 cm³/mol. The maximum Gasteiger partial charge on any atom is 0.0587 e. The Morgan fingerprint density at radius 2 is 2.13 bits per heavy atom. The molecular weight excluding hydrogens is 188 g/mol. The molecule has 0 radical (unpaired) electrons. The predicted octanol–water partition coefficient (Wildman–Crippen LogP) is 1.34. The van der Waals surface area contributed by atoms with Crippen LogP contribution >= 0.6 is 0 Å². The largest absolute Gasteiger partial charge is 0.383 e. The van der Waals surface area contributed by atoms with Crippen molar-refractivity contribution in [3.63, 3.8) is 0 Å². The van der Waals surface area contributed by atoms with Crippen LogP contribution in [-0.2, 0) is 4.74 Å². The summed E-state index contributed by atoms with van der Waals surface area (Å²) in [6.45, 7) is 11.3. The number of hydrogen-bond donors (Lipinski definition) is 1. The Labute approximate surface area is 94.2 Å². The van der Waals surface area contributed by atoms with Crippen LogP contribution in [0.25, 0.3) is 0 Å². The van der Waals surface area contributed by atoms with E-state index >= 15 is 0 Å². The van der Waals surface area contributed by atoms with Gasteiger partial charge in [-0.25, -0.2) is 0 Å². The summed E-state index contributed by atoms with van der Waals surface area (Å²) >= 11 is 0. The fourth-order valence-corrected chi connectivity index (χ4v) is 2.27. The molecule has 1 aliphatic heterocycles. The van der Waals surface area contributed by atoms with Crippen molar-refractivity contribution >= 4 is 0 Å². The molecule has 1 rings (SSSR count). The zero-order valence-corrected chi connectivity index (χ0v) is 10.5. The van der Waals surface area contributed by atoms with Gasteiger partial charge in [0.1, 0.15) is 0 Å². The molecule has 0 aromatic heterocycles. The summed E-state index contributed by atoms with van der Waals surface area (Å²) in [5, 5.41) is 3.39. The second kappa shape index (κ2) is 6.46. The molecule has 0 aromatic rings. The maximum absolute atomic E-state index is 4.99. The van der Waals surface area contributed by atoms with Gasteiger partial charge in [0.25, 0.3) is 0 Å². The highest BCUT2D eigenvalue weighted by molar-refractivity contribution is 4.79. The number of nitrogens with one attached hydrogen (secondary N) is 1. The van der Waals surface area contributed by atoms with Crippen LogP contribution in [-0.4, -0.2) is 51.3 Å². The minimum absolute atomic E-state index is 0.519. The summed E-state index contributed by atoms with van der Waals surface area (Å²) in [5.74, 6) is 0. The van der Waals surface area contributed by atoms with Gasteiger partial charge in [-0.05, 0) is 24.8 Å². The van der Waals surface area contributed by atoms with Gasteiger partial charge < -0.3 is 15.0 Å². The third kappa shape index (κ3) is 5.50. The number of rotatable bonds is 6. The molecule has 1 fully saturated rings. The highest BCUT2D eigenvalue weighted by Gasteiger charge is 2.25. The lowest BCUT2D eigenvalue weighted by atomic mass is 9.84. The van der Waals surface area contributed by atoms with E-state index in [1.54, 1.807) is 7.11 Å². The molecule has 0 atom stereocenters. The van der Waals surface area contributed by atoms with Crippen molar-refractivity contribution in [2.75, 3.05) is 46.4 Å². The minimum Gasteiger partial charge on any atom is -0.383 e. The van der Waals surface area contributed by atoms with Gasteiger partial charge in [-0.2, -0.15) is 0 Å². The monoisotopic (exact) mass is 214 g/mol. The number of piperidine rings is 1. The molecule has 3 nitrogen and oxygen atoms in total. The van der Waals surface area contributed by atoms with E-state index in [1.165, 1.54) is 32.5 Å². The molecule has 1 heterocycles. The normalized spacial score (nSPS) is 21.8. The van der Waals surface area contributed by atoms with Gasteiger partial charge in [0, 0.05) is 33.3 Å². The molecule has 3 heteroatoms. The standard InChI is InChI=1S/C12H26N2O/c1-12(2)5-4-8-14(11-12)9-6-13-7-10-15-3/h13H,4-11H2,1-3H3. The molecule has 0 unspecified atom stereocenters. The van der Waals surface area contributed by atoms with Crippen LogP contribution in [0.3, 0.4) is 0 Å². The Morgan fingerprint density at radius 1 is 1.33 bits per heavy atom. The molecule has 15 heavy (non-hydrogen) atoms. The SMILES string of the molecule is COCCNCCN1CCCC(C)(C)C1. The summed E-state index contributed by atoms with van der Waals surface area (Å²) in [6, 6.07) is 0. The smallest absolute Gasteiger partial charge is 0.0587 e. The van der Waals surface area contributed by atoms with Crippen molar-refractivity contribution in [3.8, 4) is 0 Å². The molecule has 0 aliphatic carbocycles. The fraction of sp³-hybridized carbons (Fsp3) is 1.00. The summed E-state index contributed by atoms with van der Waals surface area (Å²) < 4.78 is 4.99. The van der Waals surface area contributed by atoms with Gasteiger partial charge in [0.05, 0.1) is 6.61 Å². The van der Waals surface area contributed by atoms with Crippen molar-refractivity contribution in [1.82, 2.24) is 10.2 Å². The molecule has 1 saturated heterocycles. The number of ether oxygens (including phenoxy) is 1. The first-order valence-corrected chi connectivity index (χ1v) is 6.06. The zero-order valence-electron chi connectivity index (χ0n) is 10.5. The van der Waals surface area contributed by atoms with Gasteiger partial charge in [-0.3, -0.25) is 0 Å². The molecule has 0 saturated carbocycles. The number of hydrogen-bond acceptors (Lipinski definition) is 3. The first-order valence-electron chi connectivity index (χ1n) is 6.06. The van der Waals surface area contributed by atoms with Crippen molar-refractivity contribution in [2.24, 2.45) is 5.41 Å². The van der Waals surface area contributed by atoms with Gasteiger partial charge in [0.2, 0.25) is 0 Å².